The number of esters is 2. The summed E-state index contributed by atoms with van der Waals surface area (Å²) >= 11 is 0. The Labute approximate surface area is 472 Å². The van der Waals surface area contributed by atoms with E-state index < -0.39 is 150 Å². The Bertz CT molecular complexity index is 2360. The summed E-state index contributed by atoms with van der Waals surface area (Å²) in [5.74, 6) is -10.1. The van der Waals surface area contributed by atoms with Gasteiger partial charge in [0.05, 0.1) is 31.6 Å². The number of ether oxygens (including phenoxy) is 3. The van der Waals surface area contributed by atoms with Gasteiger partial charge in [0.1, 0.15) is 54.2 Å². The first-order valence-electron chi connectivity index (χ1n) is 28.4. The molecule has 0 bridgehead atoms. The van der Waals surface area contributed by atoms with Gasteiger partial charge in [-0.3, -0.25) is 43.2 Å². The molecule has 0 saturated carbocycles. The van der Waals surface area contributed by atoms with Crippen LogP contribution in [0.5, 0.6) is 5.75 Å². The number of carbonyl (C=O) groups excluding carboxylic acids is 10. The number of nitrogens with one attached hydrogen (secondary N) is 2. The summed E-state index contributed by atoms with van der Waals surface area (Å²) in [5.41, 5.74) is 0.574. The van der Waals surface area contributed by atoms with E-state index in [2.05, 4.69) is 10.6 Å². The topological polar surface area (TPSA) is 279 Å². The summed E-state index contributed by atoms with van der Waals surface area (Å²) in [6.07, 6.45) is -4.95. The number of hydrogen-bond donors (Lipinski definition) is 4. The van der Waals surface area contributed by atoms with Crippen molar-refractivity contribution in [3.63, 3.8) is 0 Å². The van der Waals surface area contributed by atoms with Gasteiger partial charge in [-0.05, 0) is 101 Å². The minimum Gasteiger partial charge on any atom is -0.497 e. The van der Waals surface area contributed by atoms with Gasteiger partial charge in [-0.2, -0.15) is 0 Å². The van der Waals surface area contributed by atoms with Crippen LogP contribution in [0.15, 0.2) is 24.3 Å². The lowest BCUT2D eigenvalue weighted by Crippen LogP contribution is -2.62. The summed E-state index contributed by atoms with van der Waals surface area (Å²) in [7, 11) is 5.67. The molecule has 3 fully saturated rings. The zero-order valence-electron chi connectivity index (χ0n) is 49.8. The van der Waals surface area contributed by atoms with E-state index >= 15 is 9.59 Å². The van der Waals surface area contributed by atoms with Crippen LogP contribution in [-0.2, 0) is 63.8 Å². The number of likely N-dealkylation sites (N-methyl/N-ethyl adjacent to an activating group) is 3. The molecule has 1 aromatic carbocycles. The van der Waals surface area contributed by atoms with Crippen molar-refractivity contribution >= 4 is 59.1 Å². The van der Waals surface area contributed by atoms with Crippen LogP contribution >= 0.6 is 0 Å². The van der Waals surface area contributed by atoms with E-state index in [1.54, 1.807) is 52.0 Å². The minimum atomic E-state index is -1.75. The van der Waals surface area contributed by atoms with E-state index in [1.807, 2.05) is 27.7 Å². The number of methoxy groups -OCH3 is 1. The summed E-state index contributed by atoms with van der Waals surface area (Å²) in [5, 5.41) is 27.7. The number of nitrogens with zero attached hydrogens (tertiary/aromatic N) is 5. The average molecular weight is 1130 g/mol. The third-order valence-electron chi connectivity index (χ3n) is 15.9. The van der Waals surface area contributed by atoms with E-state index in [0.29, 0.717) is 30.6 Å². The van der Waals surface area contributed by atoms with Crippen LogP contribution in [0.25, 0.3) is 0 Å². The zero-order chi connectivity index (χ0) is 60.2. The fourth-order valence-electron chi connectivity index (χ4n) is 11.0. The molecular weight excluding hydrogens is 1030 g/mol. The first-order chi connectivity index (χ1) is 37.5. The van der Waals surface area contributed by atoms with Crippen molar-refractivity contribution in [2.24, 2.45) is 29.6 Å². The number of cyclic esters (lactones) is 2. The van der Waals surface area contributed by atoms with Gasteiger partial charge in [0, 0.05) is 40.7 Å². The molecule has 3 aliphatic rings. The highest BCUT2D eigenvalue weighted by Crippen LogP contribution is 2.28. The second-order valence-corrected chi connectivity index (χ2v) is 23.4. The molecule has 0 aromatic heterocycles. The van der Waals surface area contributed by atoms with Crippen LogP contribution < -0.4 is 15.4 Å². The van der Waals surface area contributed by atoms with Crippen LogP contribution in [-0.4, -0.2) is 202 Å². The number of likely N-dealkylation sites (tertiary alicyclic amines) is 1. The molecule has 3 saturated heterocycles. The van der Waals surface area contributed by atoms with E-state index in [9.17, 15) is 48.6 Å². The molecule has 3 heterocycles. The number of benzene rings is 1. The number of rotatable bonds is 15. The van der Waals surface area contributed by atoms with Crippen molar-refractivity contribution in [1.29, 1.82) is 0 Å². The molecule has 1 aromatic rings. The molecule has 448 valence electrons. The number of aliphatic hydroxyl groups excluding tert-OH is 2. The minimum absolute atomic E-state index is 0.0744. The lowest BCUT2D eigenvalue weighted by Gasteiger charge is -2.40. The van der Waals surface area contributed by atoms with Crippen molar-refractivity contribution in [2.45, 2.75) is 201 Å². The maximum Gasteiger partial charge on any atom is 0.329 e. The highest BCUT2D eigenvalue weighted by molar-refractivity contribution is 6.05. The smallest absolute Gasteiger partial charge is 0.329 e. The normalized spacial score (nSPS) is 27.6. The average Bonchev–Trinajstić information content (AvgIpc) is 4.11. The number of fused-ring (bicyclic) bond motifs is 1. The van der Waals surface area contributed by atoms with Gasteiger partial charge in [-0.25, -0.2) is 4.79 Å². The molecule has 4 N–H and O–H groups in total. The van der Waals surface area contributed by atoms with Gasteiger partial charge in [0.25, 0.3) is 5.91 Å². The maximum atomic E-state index is 15.4. The summed E-state index contributed by atoms with van der Waals surface area (Å²) in [6, 6.07) is -2.11. The lowest BCUT2D eigenvalue weighted by atomic mass is 9.90. The van der Waals surface area contributed by atoms with E-state index in [0.717, 1.165) is 4.90 Å². The predicted molar refractivity (Wildman–Crippen MR) is 295 cm³/mol. The van der Waals surface area contributed by atoms with Crippen LogP contribution in [0.4, 0.5) is 0 Å². The Balaban J connectivity index is 1.92. The van der Waals surface area contributed by atoms with Crippen molar-refractivity contribution < 1.29 is 72.4 Å². The Kier molecular flexibility index (Phi) is 24.5. The second kappa shape index (κ2) is 29.5. The molecule has 0 spiro atoms. The van der Waals surface area contributed by atoms with Crippen molar-refractivity contribution in [3.8, 4) is 5.75 Å². The van der Waals surface area contributed by atoms with Crippen LogP contribution in [0.2, 0.25) is 0 Å². The Morgan fingerprint density at radius 3 is 2.04 bits per heavy atom. The SMILES string of the molecule is CC[C@H](C)[C@H]1[C@@H](O)CC(=O)O[C@@H](C(C)C)C(=O)[C@H](C)C(=O)N[C@@H](CC(C)C)C(=O)N2CCC[C@H]2C(=O)N(C)[C@@H](Cc2ccc(OC)cc2)C(=O)O[C@H](C)[C@H](NC(=O)[C@@H](CC(C)C)N(C)C(=O)[C@@H]2CCCN2C(=O)[C@H](C)O)C(=O)N1C. The van der Waals surface area contributed by atoms with Crippen LogP contribution in [0, 0.1) is 29.6 Å². The first-order valence-corrected chi connectivity index (χ1v) is 28.4. The third-order valence-corrected chi connectivity index (χ3v) is 15.9. The highest BCUT2D eigenvalue weighted by Gasteiger charge is 2.47. The van der Waals surface area contributed by atoms with E-state index in [4.69, 9.17) is 14.2 Å². The number of ketones is 1. The number of carbonyl (C=O) groups is 10. The Morgan fingerprint density at radius 1 is 0.850 bits per heavy atom. The van der Waals surface area contributed by atoms with Crippen LogP contribution in [0.3, 0.4) is 0 Å². The monoisotopic (exact) mass is 1130 g/mol. The van der Waals surface area contributed by atoms with Crippen molar-refractivity contribution in [1.82, 2.24) is 35.1 Å². The molecule has 0 unspecified atom stereocenters. The fourth-order valence-corrected chi connectivity index (χ4v) is 11.0. The molecule has 0 aliphatic carbocycles. The van der Waals surface area contributed by atoms with Gasteiger partial charge >= 0.3 is 11.9 Å². The van der Waals surface area contributed by atoms with Gasteiger partial charge < -0.3 is 59.6 Å². The van der Waals surface area contributed by atoms with Gasteiger partial charge in [-0.1, -0.05) is 73.9 Å². The number of hydrogen-bond acceptors (Lipinski definition) is 15. The highest BCUT2D eigenvalue weighted by atomic mass is 16.6. The molecule has 22 heteroatoms. The van der Waals surface area contributed by atoms with Crippen LogP contribution in [0.1, 0.15) is 133 Å². The third kappa shape index (κ3) is 16.5. The number of aliphatic hydroxyl groups is 2. The van der Waals surface area contributed by atoms with E-state index in [1.165, 1.54) is 68.6 Å². The van der Waals surface area contributed by atoms with Gasteiger partial charge in [-0.15, -0.1) is 0 Å². The van der Waals surface area contributed by atoms with E-state index in [-0.39, 0.29) is 57.0 Å². The fraction of sp³-hybridized carbons (Fsp3) is 0.724. The second-order valence-electron chi connectivity index (χ2n) is 23.4. The number of amides is 7. The molecule has 7 amide bonds. The standard InChI is InChI=1S/C58H91N7O15/c1-16-34(8)48-45(67)30-46(68)80-50(33(6)7)49(69)35(9)51(70)59-40(27-31(2)3)54(73)65-26-18-20-42(65)56(75)62(13)44(29-38-21-23-39(78-15)24-22-38)58(77)79-37(11)47(57(76)63(48)14)60-52(71)43(28-32(4)5)61(12)55(74)41-19-17-25-64(41)53(72)36(10)66/h21-24,31-37,40-45,47-48,50,66-67H,16-20,25-30H2,1-15H3,(H,59,70)(H,60,71)/t34-,35-,36-,37+,40-,41-,42-,43+,44-,45-,47-,48-,50-/m0/s1. The number of Topliss-reactive ketones (excluding diaryl/α,β-unsaturated/α-hetero) is 1. The Hall–Kier alpha value is -6.16. The lowest BCUT2D eigenvalue weighted by molar-refractivity contribution is -0.165. The Morgan fingerprint density at radius 2 is 1.48 bits per heavy atom. The van der Waals surface area contributed by atoms with Gasteiger partial charge in [0.2, 0.25) is 35.4 Å². The summed E-state index contributed by atoms with van der Waals surface area (Å²) in [4.78, 5) is 151. The molecule has 80 heavy (non-hydrogen) atoms. The maximum absolute atomic E-state index is 15.4. The first kappa shape index (κ1) is 66.4. The molecular formula is C58H91N7O15. The van der Waals surface area contributed by atoms with Crippen molar-refractivity contribution in [2.75, 3.05) is 41.3 Å². The molecule has 0 radical (unpaired) electrons. The van der Waals surface area contributed by atoms with Crippen molar-refractivity contribution in [3.05, 3.63) is 29.8 Å². The summed E-state index contributed by atoms with van der Waals surface area (Å²) in [6.45, 7) is 18.5. The molecule has 13 atom stereocenters. The largest absolute Gasteiger partial charge is 0.497 e. The zero-order valence-corrected chi connectivity index (χ0v) is 49.8. The molecule has 22 nitrogen and oxygen atoms in total. The summed E-state index contributed by atoms with van der Waals surface area (Å²) < 4.78 is 17.3. The predicted octanol–water partition coefficient (Wildman–Crippen LogP) is 2.66. The van der Waals surface area contributed by atoms with Gasteiger partial charge in [0.15, 0.2) is 11.9 Å². The molecule has 4 rings (SSSR count). The molecule has 3 aliphatic heterocycles. The quantitative estimate of drug-likeness (QED) is 0.145.